The Balaban J connectivity index is 2.00. The number of para-hydroxylation sites is 1. The summed E-state index contributed by atoms with van der Waals surface area (Å²) in [5, 5.41) is 3.69. The van der Waals surface area contributed by atoms with Crippen molar-refractivity contribution in [2.24, 2.45) is 0 Å². The van der Waals surface area contributed by atoms with Crippen LogP contribution in [-0.4, -0.2) is 43.8 Å². The number of carbonyl (C=O) groups excluding carboxylic acids is 2. The summed E-state index contributed by atoms with van der Waals surface area (Å²) in [5.41, 5.74) is 1.02. The molecule has 3 aromatic carbocycles. The Bertz CT molecular complexity index is 1330. The van der Waals surface area contributed by atoms with Crippen LogP contribution in [0.5, 0.6) is 0 Å². The monoisotopic (exact) mass is 561 g/mol. The second-order valence-electron chi connectivity index (χ2n) is 8.79. The maximum absolute atomic E-state index is 13.8. The fraction of sp³-hybridized carbons (Fsp3) is 0.259. The molecule has 0 bridgehead atoms. The summed E-state index contributed by atoms with van der Waals surface area (Å²) in [4.78, 5) is 28.0. The van der Waals surface area contributed by atoms with Crippen molar-refractivity contribution in [1.29, 1.82) is 0 Å². The minimum absolute atomic E-state index is 0.0134. The molecule has 0 unspecified atom stereocenters. The summed E-state index contributed by atoms with van der Waals surface area (Å²) in [6.45, 7) is 4.80. The molecule has 0 aliphatic carbocycles. The van der Waals surface area contributed by atoms with Gasteiger partial charge in [-0.05, 0) is 74.9 Å². The van der Waals surface area contributed by atoms with Gasteiger partial charge in [-0.25, -0.2) is 8.42 Å². The first-order chi connectivity index (χ1) is 17.5. The van der Waals surface area contributed by atoms with E-state index < -0.39 is 28.5 Å². The maximum atomic E-state index is 13.8. The first kappa shape index (κ1) is 28.5. The largest absolute Gasteiger partial charge is 0.352 e. The lowest BCUT2D eigenvalue weighted by Gasteiger charge is -2.32. The van der Waals surface area contributed by atoms with Crippen molar-refractivity contribution in [3.63, 3.8) is 0 Å². The second-order valence-corrected chi connectivity index (χ2v) is 11.5. The van der Waals surface area contributed by atoms with Crippen molar-refractivity contribution in [3.8, 4) is 0 Å². The molecule has 1 atom stereocenters. The molecule has 0 aliphatic rings. The number of anilines is 1. The minimum Gasteiger partial charge on any atom is -0.352 e. The highest BCUT2D eigenvalue weighted by molar-refractivity contribution is 7.92. The summed E-state index contributed by atoms with van der Waals surface area (Å²) in [6, 6.07) is 20.0. The SMILES string of the molecule is CC(C)NC(=O)[C@H](C)N(Cc1cccc(Cl)c1)C(=O)CN(c1ccccc1)S(=O)(=O)c1ccc(Cl)cc1. The van der Waals surface area contributed by atoms with E-state index >= 15 is 0 Å². The van der Waals surface area contributed by atoms with Crippen LogP contribution >= 0.6 is 23.2 Å². The molecular formula is C27H29Cl2N3O4S. The van der Waals surface area contributed by atoms with Crippen molar-refractivity contribution in [3.05, 3.63) is 94.5 Å². The van der Waals surface area contributed by atoms with Gasteiger partial charge in [0, 0.05) is 22.6 Å². The zero-order chi connectivity index (χ0) is 27.2. The van der Waals surface area contributed by atoms with Gasteiger partial charge in [0.1, 0.15) is 12.6 Å². The number of amides is 2. The van der Waals surface area contributed by atoms with Crippen molar-refractivity contribution in [1.82, 2.24) is 10.2 Å². The second kappa shape index (κ2) is 12.4. The number of nitrogens with zero attached hydrogens (tertiary/aromatic N) is 2. The molecule has 3 aromatic rings. The van der Waals surface area contributed by atoms with Gasteiger partial charge in [-0.3, -0.25) is 13.9 Å². The quantitative estimate of drug-likeness (QED) is 0.371. The standard InChI is InChI=1S/C27H29Cl2N3O4S/c1-19(2)30-27(34)20(3)31(17-21-8-7-9-23(29)16-21)26(33)18-32(24-10-5-4-6-11-24)37(35,36)25-14-12-22(28)13-15-25/h4-16,19-20H,17-18H2,1-3H3,(H,30,34)/t20-/m0/s1. The van der Waals surface area contributed by atoms with Crippen molar-refractivity contribution in [2.45, 2.75) is 44.3 Å². The van der Waals surface area contributed by atoms with Gasteiger partial charge in [-0.1, -0.05) is 53.5 Å². The topological polar surface area (TPSA) is 86.8 Å². The lowest BCUT2D eigenvalue weighted by atomic mass is 10.1. The van der Waals surface area contributed by atoms with Gasteiger partial charge < -0.3 is 10.2 Å². The Morgan fingerprint density at radius 2 is 1.51 bits per heavy atom. The zero-order valence-electron chi connectivity index (χ0n) is 20.8. The molecule has 0 aromatic heterocycles. The number of rotatable bonds is 10. The third-order valence-electron chi connectivity index (χ3n) is 5.56. The molecule has 3 rings (SSSR count). The Labute approximate surface area is 228 Å². The first-order valence-electron chi connectivity index (χ1n) is 11.7. The number of sulfonamides is 1. The summed E-state index contributed by atoms with van der Waals surface area (Å²) >= 11 is 12.1. The number of nitrogens with one attached hydrogen (secondary N) is 1. The minimum atomic E-state index is -4.14. The lowest BCUT2D eigenvalue weighted by Crippen LogP contribution is -2.52. The van der Waals surface area contributed by atoms with Gasteiger partial charge in [0.2, 0.25) is 11.8 Å². The highest BCUT2D eigenvalue weighted by Crippen LogP contribution is 2.25. The summed E-state index contributed by atoms with van der Waals surface area (Å²) in [5.74, 6) is -0.898. The number of halogens is 2. The average molecular weight is 563 g/mol. The molecule has 196 valence electrons. The van der Waals surface area contributed by atoms with Crippen LogP contribution in [0.15, 0.2) is 83.8 Å². The molecule has 10 heteroatoms. The number of hydrogen-bond acceptors (Lipinski definition) is 4. The van der Waals surface area contributed by atoms with Crippen LogP contribution in [0, 0.1) is 0 Å². The van der Waals surface area contributed by atoms with E-state index in [0.717, 1.165) is 4.31 Å². The van der Waals surface area contributed by atoms with Crippen molar-refractivity contribution in [2.75, 3.05) is 10.8 Å². The third kappa shape index (κ3) is 7.47. The molecule has 0 aliphatic heterocycles. The van der Waals surface area contributed by atoms with Crippen LogP contribution in [-0.2, 0) is 26.2 Å². The van der Waals surface area contributed by atoms with Gasteiger partial charge in [-0.2, -0.15) is 0 Å². The molecule has 0 spiro atoms. The predicted molar refractivity (Wildman–Crippen MR) is 147 cm³/mol. The fourth-order valence-electron chi connectivity index (χ4n) is 3.68. The highest BCUT2D eigenvalue weighted by atomic mass is 35.5. The first-order valence-corrected chi connectivity index (χ1v) is 13.9. The zero-order valence-corrected chi connectivity index (χ0v) is 23.1. The average Bonchev–Trinajstić information content (AvgIpc) is 2.85. The molecule has 1 N–H and O–H groups in total. The lowest BCUT2D eigenvalue weighted by molar-refractivity contribution is -0.139. The van der Waals surface area contributed by atoms with E-state index in [1.54, 1.807) is 61.5 Å². The van der Waals surface area contributed by atoms with Gasteiger partial charge in [-0.15, -0.1) is 0 Å². The summed E-state index contributed by atoms with van der Waals surface area (Å²) in [7, 11) is -4.14. The maximum Gasteiger partial charge on any atom is 0.264 e. The van der Waals surface area contributed by atoms with Gasteiger partial charge in [0.25, 0.3) is 10.0 Å². The van der Waals surface area contributed by atoms with Gasteiger partial charge in [0.15, 0.2) is 0 Å². The molecule has 0 saturated carbocycles. The Kier molecular flexibility index (Phi) is 9.59. The summed E-state index contributed by atoms with van der Waals surface area (Å²) in [6.07, 6.45) is 0. The van der Waals surface area contributed by atoms with Crippen LogP contribution in [0.1, 0.15) is 26.3 Å². The van der Waals surface area contributed by atoms with Crippen LogP contribution in [0.25, 0.3) is 0 Å². The molecule has 0 saturated heterocycles. The Hall–Kier alpha value is -3.07. The van der Waals surface area contributed by atoms with Crippen LogP contribution in [0.4, 0.5) is 5.69 Å². The van der Waals surface area contributed by atoms with E-state index in [1.165, 1.54) is 29.2 Å². The Morgan fingerprint density at radius 3 is 2.11 bits per heavy atom. The fourth-order valence-corrected chi connectivity index (χ4v) is 5.43. The molecule has 0 fully saturated rings. The molecule has 0 heterocycles. The summed E-state index contributed by atoms with van der Waals surface area (Å²) < 4.78 is 28.4. The number of hydrogen-bond donors (Lipinski definition) is 1. The third-order valence-corrected chi connectivity index (χ3v) is 7.84. The molecule has 37 heavy (non-hydrogen) atoms. The van der Waals surface area contributed by atoms with E-state index in [1.807, 2.05) is 13.8 Å². The molecule has 7 nitrogen and oxygen atoms in total. The predicted octanol–water partition coefficient (Wildman–Crippen LogP) is 5.13. The molecular weight excluding hydrogens is 533 g/mol. The van der Waals surface area contributed by atoms with Crippen molar-refractivity contribution >= 4 is 50.7 Å². The normalized spacial score (nSPS) is 12.2. The number of benzene rings is 3. The van der Waals surface area contributed by atoms with E-state index in [0.29, 0.717) is 21.3 Å². The van der Waals surface area contributed by atoms with Gasteiger partial charge >= 0.3 is 0 Å². The van der Waals surface area contributed by atoms with Gasteiger partial charge in [0.05, 0.1) is 10.6 Å². The van der Waals surface area contributed by atoms with E-state index in [2.05, 4.69) is 5.32 Å². The van der Waals surface area contributed by atoms with Crippen LogP contribution in [0.3, 0.4) is 0 Å². The van der Waals surface area contributed by atoms with E-state index in [-0.39, 0.29) is 23.4 Å². The van der Waals surface area contributed by atoms with E-state index in [9.17, 15) is 18.0 Å². The molecule has 2 amide bonds. The smallest absolute Gasteiger partial charge is 0.264 e. The van der Waals surface area contributed by atoms with E-state index in [4.69, 9.17) is 23.2 Å². The highest BCUT2D eigenvalue weighted by Gasteiger charge is 2.32. The molecule has 0 radical (unpaired) electrons. The Morgan fingerprint density at radius 1 is 0.865 bits per heavy atom. The van der Waals surface area contributed by atoms with Crippen molar-refractivity contribution < 1.29 is 18.0 Å². The van der Waals surface area contributed by atoms with Crippen LogP contribution in [0.2, 0.25) is 10.0 Å². The van der Waals surface area contributed by atoms with Crippen LogP contribution < -0.4 is 9.62 Å². The number of carbonyl (C=O) groups is 2.